The third-order valence-corrected chi connectivity index (χ3v) is 5.66. The average Bonchev–Trinajstić information content (AvgIpc) is 3.34. The summed E-state index contributed by atoms with van der Waals surface area (Å²) in [7, 11) is 0. The van der Waals surface area contributed by atoms with Gasteiger partial charge in [0.05, 0.1) is 17.1 Å². The summed E-state index contributed by atoms with van der Waals surface area (Å²) in [5.74, 6) is 0.569. The Morgan fingerprint density at radius 3 is 2.65 bits per heavy atom. The van der Waals surface area contributed by atoms with Crippen molar-refractivity contribution in [1.82, 2.24) is 14.9 Å². The second-order valence-electron chi connectivity index (χ2n) is 7.68. The van der Waals surface area contributed by atoms with E-state index in [0.717, 1.165) is 22.8 Å². The normalized spacial score (nSPS) is 22.9. The SMILES string of the molecule is Nc1ccn([C@@H]2O[C@H](CNCc3ccc(-c4cc(C(F)(F)F)ccc4Cl)o3)[C@@H](O)[C@H]2O)c(=O)n1. The largest absolute Gasteiger partial charge is 0.460 e. The number of nitrogens with zero attached hydrogens (tertiary/aromatic N) is 2. The highest BCUT2D eigenvalue weighted by molar-refractivity contribution is 6.33. The topological polar surface area (TPSA) is 136 Å². The maximum Gasteiger partial charge on any atom is 0.416 e. The van der Waals surface area contributed by atoms with Crippen LogP contribution >= 0.6 is 11.6 Å². The molecule has 9 nitrogen and oxygen atoms in total. The standard InChI is InChI=1S/C21H20ClF3N4O5/c22-13-3-1-10(21(23,24)25)7-12(13)14-4-2-11(33-14)8-27-9-15-17(30)18(31)19(34-15)29-6-5-16(26)28-20(29)32/h1-7,15,17-19,27,30-31H,8-9H2,(H2,26,28,32)/t15-,17-,18-,19-/m1/s1. The van der Waals surface area contributed by atoms with Gasteiger partial charge in [-0.3, -0.25) is 4.57 Å². The molecular formula is C21H20ClF3N4O5. The van der Waals surface area contributed by atoms with Gasteiger partial charge < -0.3 is 30.4 Å². The number of nitrogens with two attached hydrogens (primary N) is 1. The van der Waals surface area contributed by atoms with Gasteiger partial charge in [-0.15, -0.1) is 0 Å². The first-order valence-electron chi connectivity index (χ1n) is 10.1. The molecule has 3 aromatic rings. The molecule has 0 aliphatic carbocycles. The molecule has 1 fully saturated rings. The fourth-order valence-electron chi connectivity index (χ4n) is 3.59. The van der Waals surface area contributed by atoms with Crippen molar-refractivity contribution in [3.63, 3.8) is 0 Å². The maximum absolute atomic E-state index is 13.0. The van der Waals surface area contributed by atoms with E-state index < -0.39 is 42.0 Å². The van der Waals surface area contributed by atoms with Gasteiger partial charge in [0.1, 0.15) is 35.7 Å². The molecule has 4 atom stereocenters. The monoisotopic (exact) mass is 500 g/mol. The molecule has 0 amide bonds. The number of aliphatic hydroxyl groups is 2. The van der Waals surface area contributed by atoms with Gasteiger partial charge in [-0.2, -0.15) is 18.2 Å². The molecule has 5 N–H and O–H groups in total. The molecular weight excluding hydrogens is 481 g/mol. The van der Waals surface area contributed by atoms with Gasteiger partial charge in [0.25, 0.3) is 0 Å². The number of furan rings is 1. The minimum atomic E-state index is -4.52. The molecule has 1 aliphatic heterocycles. The first kappa shape index (κ1) is 24.2. The quantitative estimate of drug-likeness (QED) is 0.404. The van der Waals surface area contributed by atoms with Crippen LogP contribution < -0.4 is 16.7 Å². The zero-order valence-electron chi connectivity index (χ0n) is 17.4. The van der Waals surface area contributed by atoms with E-state index >= 15 is 0 Å². The highest BCUT2D eigenvalue weighted by Gasteiger charge is 2.43. The van der Waals surface area contributed by atoms with Crippen LogP contribution in [0.1, 0.15) is 17.6 Å². The predicted molar refractivity (Wildman–Crippen MR) is 115 cm³/mol. The third kappa shape index (κ3) is 4.95. The van der Waals surface area contributed by atoms with Crippen molar-refractivity contribution < 1.29 is 32.5 Å². The zero-order chi connectivity index (χ0) is 24.6. The average molecular weight is 501 g/mol. The summed E-state index contributed by atoms with van der Waals surface area (Å²) in [5, 5.41) is 23.7. The van der Waals surface area contributed by atoms with Crippen molar-refractivity contribution in [3.05, 3.63) is 69.4 Å². The summed E-state index contributed by atoms with van der Waals surface area (Å²) in [4.78, 5) is 15.6. The van der Waals surface area contributed by atoms with Gasteiger partial charge in [0, 0.05) is 18.3 Å². The van der Waals surface area contributed by atoms with Gasteiger partial charge in [0.2, 0.25) is 0 Å². The number of nitrogen functional groups attached to an aromatic ring is 1. The van der Waals surface area contributed by atoms with Crippen molar-refractivity contribution in [2.24, 2.45) is 0 Å². The van der Waals surface area contributed by atoms with Crippen LogP contribution in [0.25, 0.3) is 11.3 Å². The Kier molecular flexibility index (Phi) is 6.69. The van der Waals surface area contributed by atoms with Crippen molar-refractivity contribution in [1.29, 1.82) is 0 Å². The molecule has 4 rings (SSSR count). The highest BCUT2D eigenvalue weighted by atomic mass is 35.5. The van der Waals surface area contributed by atoms with Crippen molar-refractivity contribution in [2.45, 2.75) is 37.3 Å². The Labute approximate surface area is 195 Å². The van der Waals surface area contributed by atoms with E-state index in [9.17, 15) is 28.2 Å². The van der Waals surface area contributed by atoms with Crippen LogP contribution in [0.4, 0.5) is 19.0 Å². The molecule has 3 heterocycles. The van der Waals surface area contributed by atoms with Crippen LogP contribution in [0.5, 0.6) is 0 Å². The maximum atomic E-state index is 13.0. The van der Waals surface area contributed by atoms with Crippen molar-refractivity contribution in [3.8, 4) is 11.3 Å². The Balaban J connectivity index is 1.39. The molecule has 1 aromatic carbocycles. The number of ether oxygens (including phenoxy) is 1. The summed E-state index contributed by atoms with van der Waals surface area (Å²) in [6.45, 7) is 0.222. The lowest BCUT2D eigenvalue weighted by Gasteiger charge is -2.17. The number of halogens is 4. The first-order valence-corrected chi connectivity index (χ1v) is 10.4. The predicted octanol–water partition coefficient (Wildman–Crippen LogP) is 2.17. The van der Waals surface area contributed by atoms with E-state index in [4.69, 9.17) is 26.5 Å². The van der Waals surface area contributed by atoms with Crippen LogP contribution in [-0.4, -0.2) is 44.6 Å². The van der Waals surface area contributed by atoms with Gasteiger partial charge in [0.15, 0.2) is 6.23 Å². The second kappa shape index (κ2) is 9.39. The number of hydrogen-bond acceptors (Lipinski definition) is 8. The van der Waals surface area contributed by atoms with E-state index in [1.165, 1.54) is 18.3 Å². The van der Waals surface area contributed by atoms with Gasteiger partial charge in [-0.25, -0.2) is 4.79 Å². The van der Waals surface area contributed by atoms with Crippen LogP contribution in [0.2, 0.25) is 5.02 Å². The minimum Gasteiger partial charge on any atom is -0.460 e. The molecule has 0 saturated carbocycles. The van der Waals surface area contributed by atoms with Crippen LogP contribution in [0, 0.1) is 0 Å². The lowest BCUT2D eigenvalue weighted by atomic mass is 10.1. The second-order valence-corrected chi connectivity index (χ2v) is 8.08. The van der Waals surface area contributed by atoms with Gasteiger partial charge >= 0.3 is 11.9 Å². The lowest BCUT2D eigenvalue weighted by molar-refractivity contribution is -0.137. The van der Waals surface area contributed by atoms with E-state index in [-0.39, 0.29) is 35.3 Å². The number of rotatable bonds is 6. The van der Waals surface area contributed by atoms with Crippen molar-refractivity contribution >= 4 is 17.4 Å². The van der Waals surface area contributed by atoms with Crippen LogP contribution in [-0.2, 0) is 17.5 Å². The Hall–Kier alpha value is -2.90. The molecule has 2 aromatic heterocycles. The number of benzene rings is 1. The molecule has 13 heteroatoms. The fraction of sp³-hybridized carbons (Fsp3) is 0.333. The number of anilines is 1. The lowest BCUT2D eigenvalue weighted by Crippen LogP contribution is -2.38. The van der Waals surface area contributed by atoms with Crippen LogP contribution in [0.15, 0.2) is 51.8 Å². The van der Waals surface area contributed by atoms with E-state index in [1.54, 1.807) is 6.07 Å². The van der Waals surface area contributed by atoms with E-state index in [2.05, 4.69) is 10.3 Å². The summed E-state index contributed by atoms with van der Waals surface area (Å²) < 4.78 is 51.3. The molecule has 1 aliphatic rings. The summed E-state index contributed by atoms with van der Waals surface area (Å²) >= 11 is 6.05. The van der Waals surface area contributed by atoms with Crippen molar-refractivity contribution in [2.75, 3.05) is 12.3 Å². The Morgan fingerprint density at radius 2 is 1.94 bits per heavy atom. The fourth-order valence-corrected chi connectivity index (χ4v) is 3.80. The van der Waals surface area contributed by atoms with Gasteiger partial charge in [-0.05, 0) is 36.4 Å². The number of nitrogens with one attached hydrogen (secondary N) is 1. The molecule has 0 unspecified atom stereocenters. The molecule has 34 heavy (non-hydrogen) atoms. The highest BCUT2D eigenvalue weighted by Crippen LogP contribution is 2.36. The third-order valence-electron chi connectivity index (χ3n) is 5.33. The van der Waals surface area contributed by atoms with E-state index in [0.29, 0.717) is 5.76 Å². The molecule has 182 valence electrons. The van der Waals surface area contributed by atoms with E-state index in [1.807, 2.05) is 0 Å². The Bertz CT molecular complexity index is 1230. The summed E-state index contributed by atoms with van der Waals surface area (Å²) in [6, 6.07) is 7.39. The Morgan fingerprint density at radius 1 is 1.18 bits per heavy atom. The minimum absolute atomic E-state index is 0.0109. The number of aromatic nitrogens is 2. The summed E-state index contributed by atoms with van der Waals surface area (Å²) in [5.41, 5.74) is 3.98. The number of hydrogen-bond donors (Lipinski definition) is 4. The molecule has 0 radical (unpaired) electrons. The number of aliphatic hydroxyl groups excluding tert-OH is 2. The number of alkyl halides is 3. The zero-order valence-corrected chi connectivity index (χ0v) is 18.1. The molecule has 0 bridgehead atoms. The smallest absolute Gasteiger partial charge is 0.416 e. The van der Waals surface area contributed by atoms with Crippen LogP contribution in [0.3, 0.4) is 0 Å². The molecule has 1 saturated heterocycles. The first-order chi connectivity index (χ1) is 16.0. The molecule has 0 spiro atoms. The van der Waals surface area contributed by atoms with Gasteiger partial charge in [-0.1, -0.05) is 11.6 Å². The summed E-state index contributed by atoms with van der Waals surface area (Å²) in [6.07, 6.45) is -7.90.